The van der Waals surface area contributed by atoms with Gasteiger partial charge in [-0.1, -0.05) is 64.2 Å². The summed E-state index contributed by atoms with van der Waals surface area (Å²) in [4.78, 5) is 0. The van der Waals surface area contributed by atoms with Gasteiger partial charge in [0.1, 0.15) is 0 Å². The highest BCUT2D eigenvalue weighted by molar-refractivity contribution is 5.35. The molecule has 0 aromatic rings. The lowest BCUT2D eigenvalue weighted by Gasteiger charge is -2.09. The average molecular weight is 190 g/mol. The van der Waals surface area contributed by atoms with Crippen molar-refractivity contribution in [1.82, 2.24) is 0 Å². The molecule has 0 saturated carbocycles. The summed E-state index contributed by atoms with van der Waals surface area (Å²) in [6.07, 6.45) is 12.6. The van der Waals surface area contributed by atoms with Crippen LogP contribution in [-0.2, 0) is 0 Å². The van der Waals surface area contributed by atoms with Gasteiger partial charge in [-0.3, -0.25) is 0 Å². The van der Waals surface area contributed by atoms with Crippen molar-refractivity contribution < 1.29 is 0 Å². The fourth-order valence-electron chi connectivity index (χ4n) is 1.53. The van der Waals surface area contributed by atoms with E-state index in [9.17, 15) is 0 Å². The maximum Gasteiger partial charge on any atom is -0.0279 e. The van der Waals surface area contributed by atoms with Crippen LogP contribution in [0, 0.1) is 0 Å². The lowest BCUT2D eigenvalue weighted by atomic mass is 9.97. The van der Waals surface area contributed by atoms with Crippen LogP contribution in [0.1, 0.15) is 39.5 Å². The van der Waals surface area contributed by atoms with E-state index in [0.717, 1.165) is 12.8 Å². The fraction of sp³-hybridized carbons (Fsp3) is 0.429. The van der Waals surface area contributed by atoms with E-state index in [-0.39, 0.29) is 0 Å². The van der Waals surface area contributed by atoms with Crippen LogP contribution in [0.15, 0.2) is 48.6 Å². The first-order valence-electron chi connectivity index (χ1n) is 5.43. The van der Waals surface area contributed by atoms with Gasteiger partial charge in [0.2, 0.25) is 0 Å². The zero-order chi connectivity index (χ0) is 10.8. The largest absolute Gasteiger partial charge is 0.0991 e. The maximum atomic E-state index is 3.76. The molecule has 14 heavy (non-hydrogen) atoms. The van der Waals surface area contributed by atoms with Gasteiger partial charge in [-0.25, -0.2) is 0 Å². The van der Waals surface area contributed by atoms with E-state index in [4.69, 9.17) is 0 Å². The van der Waals surface area contributed by atoms with Crippen LogP contribution in [0.4, 0.5) is 0 Å². The van der Waals surface area contributed by atoms with Crippen LogP contribution in [-0.4, -0.2) is 0 Å². The number of hydrogen-bond donors (Lipinski definition) is 0. The molecule has 0 heterocycles. The van der Waals surface area contributed by atoms with Crippen molar-refractivity contribution in [2.75, 3.05) is 0 Å². The Balaban J connectivity index is 4.72. The van der Waals surface area contributed by atoms with Crippen molar-refractivity contribution in [2.45, 2.75) is 39.5 Å². The second-order valence-corrected chi connectivity index (χ2v) is 3.36. The molecule has 0 bridgehead atoms. The summed E-state index contributed by atoms with van der Waals surface area (Å²) < 4.78 is 0. The number of hydrogen-bond acceptors (Lipinski definition) is 0. The Kier molecular flexibility index (Phi) is 7.92. The second kappa shape index (κ2) is 8.55. The highest BCUT2D eigenvalue weighted by Crippen LogP contribution is 2.20. The van der Waals surface area contributed by atoms with Gasteiger partial charge in [0, 0.05) is 0 Å². The van der Waals surface area contributed by atoms with E-state index in [2.05, 4.69) is 39.2 Å². The summed E-state index contributed by atoms with van der Waals surface area (Å²) in [6, 6.07) is 0. The van der Waals surface area contributed by atoms with Crippen LogP contribution in [0.2, 0.25) is 0 Å². The molecular formula is C14H22. The van der Waals surface area contributed by atoms with Gasteiger partial charge in [0.25, 0.3) is 0 Å². The van der Waals surface area contributed by atoms with E-state index in [1.54, 1.807) is 0 Å². The molecule has 0 N–H and O–H groups in total. The van der Waals surface area contributed by atoms with Crippen LogP contribution in [0.3, 0.4) is 0 Å². The van der Waals surface area contributed by atoms with E-state index in [1.165, 1.54) is 24.0 Å². The number of allylic oxidation sites excluding steroid dienone is 6. The maximum absolute atomic E-state index is 3.76. The van der Waals surface area contributed by atoms with Crippen molar-refractivity contribution >= 4 is 0 Å². The van der Waals surface area contributed by atoms with Crippen molar-refractivity contribution in [1.29, 1.82) is 0 Å². The molecule has 0 aromatic carbocycles. The average Bonchev–Trinajstić information content (AvgIpc) is 2.17. The first-order chi connectivity index (χ1) is 6.79. The van der Waals surface area contributed by atoms with Gasteiger partial charge < -0.3 is 0 Å². The first kappa shape index (κ1) is 13.0. The van der Waals surface area contributed by atoms with Crippen molar-refractivity contribution in [3.63, 3.8) is 0 Å². The smallest absolute Gasteiger partial charge is 0.0279 e. The predicted octanol–water partition coefficient (Wildman–Crippen LogP) is 4.81. The molecule has 0 fully saturated rings. The molecule has 0 spiro atoms. The Morgan fingerprint density at radius 3 is 1.43 bits per heavy atom. The Morgan fingerprint density at radius 1 is 0.857 bits per heavy atom. The lowest BCUT2D eigenvalue weighted by molar-refractivity contribution is 0.853. The highest BCUT2D eigenvalue weighted by atomic mass is 14.1. The SMILES string of the molecule is C=C/C=C(CCC)\C(=C/C=C)CCC. The Bertz CT molecular complexity index is 202. The molecule has 0 aliphatic heterocycles. The lowest BCUT2D eigenvalue weighted by Crippen LogP contribution is -1.89. The molecule has 0 aliphatic rings. The van der Waals surface area contributed by atoms with Crippen LogP contribution >= 0.6 is 0 Å². The summed E-state index contributed by atoms with van der Waals surface area (Å²) >= 11 is 0. The monoisotopic (exact) mass is 190 g/mol. The summed E-state index contributed by atoms with van der Waals surface area (Å²) in [5, 5.41) is 0. The third-order valence-electron chi connectivity index (χ3n) is 2.09. The molecule has 0 rings (SSSR count). The van der Waals surface area contributed by atoms with Crippen LogP contribution in [0.25, 0.3) is 0 Å². The molecule has 0 unspecified atom stereocenters. The van der Waals surface area contributed by atoms with E-state index in [1.807, 2.05) is 12.2 Å². The molecule has 0 radical (unpaired) electrons. The molecule has 0 aromatic heterocycles. The highest BCUT2D eigenvalue weighted by Gasteiger charge is 2.01. The summed E-state index contributed by atoms with van der Waals surface area (Å²) in [5.41, 5.74) is 2.81. The fourth-order valence-corrected chi connectivity index (χ4v) is 1.53. The van der Waals surface area contributed by atoms with Gasteiger partial charge in [0.15, 0.2) is 0 Å². The quantitative estimate of drug-likeness (QED) is 0.505. The van der Waals surface area contributed by atoms with Gasteiger partial charge in [-0.15, -0.1) is 0 Å². The molecule has 0 nitrogen and oxygen atoms in total. The molecule has 0 aliphatic carbocycles. The third kappa shape index (κ3) is 4.86. The normalized spacial score (nSPS) is 12.7. The van der Waals surface area contributed by atoms with Gasteiger partial charge in [-0.2, -0.15) is 0 Å². The molecule has 0 heteroatoms. The predicted molar refractivity (Wildman–Crippen MR) is 66.4 cm³/mol. The van der Waals surface area contributed by atoms with Crippen molar-refractivity contribution in [3.05, 3.63) is 48.6 Å². The van der Waals surface area contributed by atoms with Gasteiger partial charge in [-0.05, 0) is 24.0 Å². The molecular weight excluding hydrogens is 168 g/mol. The molecule has 0 saturated heterocycles. The third-order valence-corrected chi connectivity index (χ3v) is 2.09. The number of rotatable bonds is 7. The van der Waals surface area contributed by atoms with Crippen molar-refractivity contribution in [3.8, 4) is 0 Å². The first-order valence-corrected chi connectivity index (χ1v) is 5.43. The Hall–Kier alpha value is -1.04. The zero-order valence-electron chi connectivity index (χ0n) is 9.55. The standard InChI is InChI=1S/C14H22/c1-5-9-13(10-6-2)14(11-7-3)12-8-4/h5,7,9,11H,1,3,6,8,10,12H2,2,4H3/b13-9-,14-11-. The summed E-state index contributed by atoms with van der Waals surface area (Å²) in [5.74, 6) is 0. The second-order valence-electron chi connectivity index (χ2n) is 3.36. The van der Waals surface area contributed by atoms with Crippen molar-refractivity contribution in [2.24, 2.45) is 0 Å². The van der Waals surface area contributed by atoms with Crippen LogP contribution in [0.5, 0.6) is 0 Å². The minimum absolute atomic E-state index is 1.13. The van der Waals surface area contributed by atoms with Crippen LogP contribution < -0.4 is 0 Å². The summed E-state index contributed by atoms with van der Waals surface area (Å²) in [7, 11) is 0. The zero-order valence-corrected chi connectivity index (χ0v) is 9.55. The molecule has 0 atom stereocenters. The molecule has 78 valence electrons. The van der Waals surface area contributed by atoms with E-state index >= 15 is 0 Å². The van der Waals surface area contributed by atoms with E-state index < -0.39 is 0 Å². The minimum atomic E-state index is 1.13. The molecule has 0 amide bonds. The van der Waals surface area contributed by atoms with Gasteiger partial charge >= 0.3 is 0 Å². The topological polar surface area (TPSA) is 0 Å². The van der Waals surface area contributed by atoms with E-state index in [0.29, 0.717) is 0 Å². The Labute approximate surface area is 88.7 Å². The summed E-state index contributed by atoms with van der Waals surface area (Å²) in [6.45, 7) is 11.9. The van der Waals surface area contributed by atoms with Gasteiger partial charge in [0.05, 0.1) is 0 Å². The Morgan fingerprint density at radius 2 is 1.21 bits per heavy atom. The minimum Gasteiger partial charge on any atom is -0.0991 e.